The van der Waals surface area contributed by atoms with Gasteiger partial charge in [-0.1, -0.05) is 19.4 Å². The Morgan fingerprint density at radius 2 is 2.08 bits per heavy atom. The summed E-state index contributed by atoms with van der Waals surface area (Å²) in [5.41, 5.74) is 2.00. The second kappa shape index (κ2) is 3.52. The van der Waals surface area contributed by atoms with E-state index in [4.69, 9.17) is 5.11 Å². The van der Waals surface area contributed by atoms with E-state index in [1.54, 1.807) is 6.92 Å². The molecule has 0 aromatic heterocycles. The van der Waals surface area contributed by atoms with E-state index in [-0.39, 0.29) is 0 Å². The summed E-state index contributed by atoms with van der Waals surface area (Å²) >= 11 is 0. The molecule has 0 radical (unpaired) electrons. The van der Waals surface area contributed by atoms with Crippen LogP contribution in [0, 0.1) is 5.41 Å². The Labute approximate surface area is 79.6 Å². The molecule has 0 aliphatic heterocycles. The Balaban J connectivity index is 2.82. The fourth-order valence-electron chi connectivity index (χ4n) is 2.01. The van der Waals surface area contributed by atoms with Gasteiger partial charge in [-0.25, -0.2) is 4.79 Å². The number of carbonyl (C=O) groups is 1. The number of rotatable bonds is 1. The van der Waals surface area contributed by atoms with Crippen molar-refractivity contribution in [1.82, 2.24) is 0 Å². The highest BCUT2D eigenvalue weighted by Gasteiger charge is 2.26. The average Bonchev–Trinajstić information content (AvgIpc) is 2.01. The Hall–Kier alpha value is -0.790. The maximum atomic E-state index is 10.8. The topological polar surface area (TPSA) is 37.3 Å². The maximum Gasteiger partial charge on any atom is 0.331 e. The van der Waals surface area contributed by atoms with Gasteiger partial charge in [-0.2, -0.15) is 0 Å². The smallest absolute Gasteiger partial charge is 0.331 e. The monoisotopic (exact) mass is 182 g/mol. The van der Waals surface area contributed by atoms with Crippen LogP contribution < -0.4 is 0 Å². The Morgan fingerprint density at radius 1 is 1.46 bits per heavy atom. The molecule has 1 rings (SSSR count). The van der Waals surface area contributed by atoms with E-state index < -0.39 is 5.97 Å². The van der Waals surface area contributed by atoms with Crippen molar-refractivity contribution in [2.75, 3.05) is 0 Å². The molecule has 1 N–H and O–H groups in total. The van der Waals surface area contributed by atoms with Crippen molar-refractivity contribution in [2.24, 2.45) is 5.41 Å². The maximum absolute atomic E-state index is 10.8. The largest absolute Gasteiger partial charge is 0.478 e. The molecule has 0 bridgehead atoms. The molecule has 0 atom stereocenters. The lowest BCUT2D eigenvalue weighted by Crippen LogP contribution is -2.19. The Kier molecular flexibility index (Phi) is 2.79. The van der Waals surface area contributed by atoms with Gasteiger partial charge in [-0.05, 0) is 38.0 Å². The third-order valence-corrected chi connectivity index (χ3v) is 2.88. The van der Waals surface area contributed by atoms with Crippen LogP contribution in [0.2, 0.25) is 0 Å². The van der Waals surface area contributed by atoms with E-state index in [0.29, 0.717) is 11.0 Å². The SMILES string of the molecule is CC(C(=O)O)=C1CCCC(C)(C)C1. The first-order valence-electron chi connectivity index (χ1n) is 4.84. The van der Waals surface area contributed by atoms with Crippen molar-refractivity contribution in [3.8, 4) is 0 Å². The second-order valence-electron chi connectivity index (χ2n) is 4.73. The molecule has 0 unspecified atom stereocenters. The van der Waals surface area contributed by atoms with Gasteiger partial charge in [0.05, 0.1) is 0 Å². The minimum atomic E-state index is -0.757. The first kappa shape index (κ1) is 10.3. The van der Waals surface area contributed by atoms with Gasteiger partial charge in [0.1, 0.15) is 0 Å². The van der Waals surface area contributed by atoms with Crippen LogP contribution >= 0.6 is 0 Å². The summed E-state index contributed by atoms with van der Waals surface area (Å²) in [7, 11) is 0. The number of aliphatic carboxylic acids is 1. The summed E-state index contributed by atoms with van der Waals surface area (Å²) in [6.45, 7) is 6.14. The summed E-state index contributed by atoms with van der Waals surface area (Å²) in [4.78, 5) is 10.8. The zero-order valence-electron chi connectivity index (χ0n) is 8.68. The molecule has 0 amide bonds. The quantitative estimate of drug-likeness (QED) is 0.633. The van der Waals surface area contributed by atoms with Crippen molar-refractivity contribution in [2.45, 2.75) is 46.5 Å². The molecule has 13 heavy (non-hydrogen) atoms. The van der Waals surface area contributed by atoms with Crippen LogP contribution in [0.1, 0.15) is 46.5 Å². The van der Waals surface area contributed by atoms with E-state index >= 15 is 0 Å². The zero-order valence-corrected chi connectivity index (χ0v) is 8.68. The molecule has 1 aliphatic rings. The highest BCUT2D eigenvalue weighted by Crippen LogP contribution is 2.39. The van der Waals surface area contributed by atoms with Gasteiger partial charge in [0.2, 0.25) is 0 Å². The van der Waals surface area contributed by atoms with Crippen LogP contribution in [-0.2, 0) is 4.79 Å². The predicted octanol–water partition coefficient (Wildman–Crippen LogP) is 2.99. The summed E-state index contributed by atoms with van der Waals surface area (Å²) < 4.78 is 0. The van der Waals surface area contributed by atoms with Crippen molar-refractivity contribution in [1.29, 1.82) is 0 Å². The van der Waals surface area contributed by atoms with Gasteiger partial charge < -0.3 is 5.11 Å². The molecule has 1 aliphatic carbocycles. The fourth-order valence-corrected chi connectivity index (χ4v) is 2.01. The summed E-state index contributed by atoms with van der Waals surface area (Å²) in [5.74, 6) is -0.757. The normalized spacial score (nSPS) is 25.5. The number of hydrogen-bond acceptors (Lipinski definition) is 1. The first-order chi connectivity index (χ1) is 5.92. The van der Waals surface area contributed by atoms with Crippen molar-refractivity contribution in [3.63, 3.8) is 0 Å². The van der Waals surface area contributed by atoms with Crippen LogP contribution in [0.5, 0.6) is 0 Å². The molecule has 0 aromatic carbocycles. The molecular weight excluding hydrogens is 164 g/mol. The summed E-state index contributed by atoms with van der Waals surface area (Å²) in [6, 6.07) is 0. The van der Waals surface area contributed by atoms with E-state index in [1.165, 1.54) is 6.42 Å². The van der Waals surface area contributed by atoms with Gasteiger partial charge in [0, 0.05) is 5.57 Å². The van der Waals surface area contributed by atoms with Gasteiger partial charge >= 0.3 is 5.97 Å². The molecule has 2 heteroatoms. The molecular formula is C11H18O2. The Bertz CT molecular complexity index is 249. The van der Waals surface area contributed by atoms with E-state index in [1.807, 2.05) is 0 Å². The highest BCUT2D eigenvalue weighted by molar-refractivity contribution is 5.86. The summed E-state index contributed by atoms with van der Waals surface area (Å²) in [6.07, 6.45) is 4.27. The molecule has 0 saturated heterocycles. The number of hydrogen-bond donors (Lipinski definition) is 1. The van der Waals surface area contributed by atoms with E-state index in [9.17, 15) is 4.79 Å². The molecule has 0 aromatic rings. The molecule has 1 fully saturated rings. The third-order valence-electron chi connectivity index (χ3n) is 2.88. The molecule has 1 saturated carbocycles. The minimum absolute atomic E-state index is 0.296. The summed E-state index contributed by atoms with van der Waals surface area (Å²) in [5, 5.41) is 8.85. The van der Waals surface area contributed by atoms with E-state index in [2.05, 4.69) is 13.8 Å². The van der Waals surface area contributed by atoms with Gasteiger partial charge in [0.25, 0.3) is 0 Å². The average molecular weight is 182 g/mol. The lowest BCUT2D eigenvalue weighted by molar-refractivity contribution is -0.132. The van der Waals surface area contributed by atoms with Crippen molar-refractivity contribution in [3.05, 3.63) is 11.1 Å². The van der Waals surface area contributed by atoms with Crippen LogP contribution in [0.4, 0.5) is 0 Å². The molecule has 2 nitrogen and oxygen atoms in total. The lowest BCUT2D eigenvalue weighted by Gasteiger charge is -2.31. The van der Waals surface area contributed by atoms with Crippen molar-refractivity contribution < 1.29 is 9.90 Å². The first-order valence-corrected chi connectivity index (χ1v) is 4.84. The van der Waals surface area contributed by atoms with Gasteiger partial charge in [0.15, 0.2) is 0 Å². The predicted molar refractivity (Wildman–Crippen MR) is 52.6 cm³/mol. The van der Waals surface area contributed by atoms with Crippen LogP contribution in [0.15, 0.2) is 11.1 Å². The van der Waals surface area contributed by atoms with Crippen molar-refractivity contribution >= 4 is 5.97 Å². The molecule has 0 spiro atoms. The lowest BCUT2D eigenvalue weighted by atomic mass is 9.74. The van der Waals surface area contributed by atoms with Crippen LogP contribution in [0.3, 0.4) is 0 Å². The molecule has 74 valence electrons. The number of carboxylic acid groups (broad SMARTS) is 1. The van der Waals surface area contributed by atoms with Crippen LogP contribution in [0.25, 0.3) is 0 Å². The number of allylic oxidation sites excluding steroid dienone is 1. The van der Waals surface area contributed by atoms with Gasteiger partial charge in [-0.3, -0.25) is 0 Å². The molecule has 0 heterocycles. The van der Waals surface area contributed by atoms with Crippen LogP contribution in [-0.4, -0.2) is 11.1 Å². The van der Waals surface area contributed by atoms with E-state index in [0.717, 1.165) is 24.8 Å². The van der Waals surface area contributed by atoms with Gasteiger partial charge in [-0.15, -0.1) is 0 Å². The third kappa shape index (κ3) is 2.58. The highest BCUT2D eigenvalue weighted by atomic mass is 16.4. The Morgan fingerprint density at radius 3 is 2.54 bits per heavy atom. The second-order valence-corrected chi connectivity index (χ2v) is 4.73. The fraction of sp³-hybridized carbons (Fsp3) is 0.727. The number of carboxylic acids is 1. The standard InChI is InChI=1S/C11H18O2/c1-8(10(12)13)9-5-4-6-11(2,3)7-9/h4-7H2,1-3H3,(H,12,13). The zero-order chi connectivity index (χ0) is 10.1. The minimum Gasteiger partial charge on any atom is -0.478 e.